The molecule has 0 aromatic carbocycles. The van der Waals surface area contributed by atoms with Gasteiger partial charge in [-0.25, -0.2) is 9.97 Å². The lowest BCUT2D eigenvalue weighted by Crippen LogP contribution is -2.26. The van der Waals surface area contributed by atoms with E-state index in [9.17, 15) is 4.79 Å². The fraction of sp³-hybridized carbons (Fsp3) is 0.381. The maximum absolute atomic E-state index is 12.8. The van der Waals surface area contributed by atoms with Crippen LogP contribution in [-0.2, 0) is 11.8 Å². The number of thiophene rings is 1. The molecule has 0 spiro atoms. The number of hydrogen-bond donors (Lipinski definition) is 1. The Morgan fingerprint density at radius 2 is 1.97 bits per heavy atom. The molecule has 4 aromatic heterocycles. The zero-order valence-corrected chi connectivity index (χ0v) is 18.1. The van der Waals surface area contributed by atoms with Crippen LogP contribution in [0.25, 0.3) is 15.9 Å². The van der Waals surface area contributed by atoms with Gasteiger partial charge in [-0.2, -0.15) is 0 Å². The Bertz CT molecular complexity index is 1220. The fourth-order valence-corrected chi connectivity index (χ4v) is 4.47. The molecular weight excluding hydrogens is 384 g/mol. The van der Waals surface area contributed by atoms with Gasteiger partial charge in [0.25, 0.3) is 5.91 Å². The molecule has 4 heterocycles. The lowest BCUT2D eigenvalue weighted by Gasteiger charge is -2.16. The third-order valence-electron chi connectivity index (χ3n) is 4.87. The number of fused-ring (bicyclic) bond motifs is 2. The molecule has 4 aromatic rings. The van der Waals surface area contributed by atoms with E-state index in [1.54, 1.807) is 0 Å². The molecule has 0 radical (unpaired) electrons. The highest BCUT2D eigenvalue weighted by Gasteiger charge is 2.23. The predicted molar refractivity (Wildman–Crippen MR) is 115 cm³/mol. The SMILES string of the molecule is Cc1nc(C(C)(C)C)nc2sc(C(=O)NCCc3nnc4ccccn34)c(C)c12. The third kappa shape index (κ3) is 3.60. The van der Waals surface area contributed by atoms with Crippen LogP contribution >= 0.6 is 11.3 Å². The standard InChI is InChI=1S/C21H24N6OS/c1-12-16-13(2)23-20(21(3,4)5)24-19(16)29-17(12)18(28)22-10-9-15-26-25-14-8-6-7-11-27(14)15/h6-8,11H,9-10H2,1-5H3,(H,22,28). The van der Waals surface area contributed by atoms with Gasteiger partial charge in [-0.3, -0.25) is 9.20 Å². The van der Waals surface area contributed by atoms with Gasteiger partial charge in [0.05, 0.1) is 10.6 Å². The van der Waals surface area contributed by atoms with E-state index in [0.29, 0.717) is 17.8 Å². The molecule has 0 aliphatic rings. The smallest absolute Gasteiger partial charge is 0.261 e. The highest BCUT2D eigenvalue weighted by atomic mass is 32.1. The number of carbonyl (C=O) groups excluding carboxylic acids is 1. The second kappa shape index (κ2) is 7.18. The molecule has 0 fully saturated rings. The van der Waals surface area contributed by atoms with Crippen molar-refractivity contribution < 1.29 is 4.79 Å². The van der Waals surface area contributed by atoms with Crippen molar-refractivity contribution in [3.8, 4) is 0 Å². The second-order valence-electron chi connectivity index (χ2n) is 8.17. The van der Waals surface area contributed by atoms with Crippen LogP contribution in [0.2, 0.25) is 0 Å². The van der Waals surface area contributed by atoms with Gasteiger partial charge in [-0.1, -0.05) is 26.8 Å². The number of rotatable bonds is 4. The van der Waals surface area contributed by atoms with Gasteiger partial charge < -0.3 is 5.32 Å². The van der Waals surface area contributed by atoms with E-state index in [0.717, 1.165) is 38.8 Å². The highest BCUT2D eigenvalue weighted by molar-refractivity contribution is 7.20. The van der Waals surface area contributed by atoms with Crippen LogP contribution < -0.4 is 5.32 Å². The molecule has 0 saturated heterocycles. The van der Waals surface area contributed by atoms with Crippen molar-refractivity contribution in [2.75, 3.05) is 6.54 Å². The van der Waals surface area contributed by atoms with Crippen LogP contribution in [0.4, 0.5) is 0 Å². The van der Waals surface area contributed by atoms with E-state index in [1.165, 1.54) is 11.3 Å². The number of hydrogen-bond acceptors (Lipinski definition) is 6. The number of nitrogens with one attached hydrogen (secondary N) is 1. The number of carbonyl (C=O) groups is 1. The van der Waals surface area contributed by atoms with Gasteiger partial charge in [0.15, 0.2) is 5.65 Å². The van der Waals surface area contributed by atoms with Crippen LogP contribution in [-0.4, -0.2) is 37.0 Å². The van der Waals surface area contributed by atoms with Crippen molar-refractivity contribution in [2.24, 2.45) is 0 Å². The Balaban J connectivity index is 1.54. The van der Waals surface area contributed by atoms with Crippen molar-refractivity contribution in [3.63, 3.8) is 0 Å². The van der Waals surface area contributed by atoms with Gasteiger partial charge in [-0.05, 0) is 31.5 Å². The largest absolute Gasteiger partial charge is 0.351 e. The maximum Gasteiger partial charge on any atom is 0.261 e. The first-order valence-electron chi connectivity index (χ1n) is 9.61. The fourth-order valence-electron chi connectivity index (χ4n) is 3.32. The molecule has 7 nitrogen and oxygen atoms in total. The Morgan fingerprint density at radius 3 is 2.72 bits per heavy atom. The summed E-state index contributed by atoms with van der Waals surface area (Å²) in [4.78, 5) is 23.8. The molecule has 1 amide bonds. The number of aryl methyl sites for hydroxylation is 2. The van der Waals surface area contributed by atoms with E-state index in [4.69, 9.17) is 4.98 Å². The van der Waals surface area contributed by atoms with Crippen LogP contribution in [0.15, 0.2) is 24.4 Å². The summed E-state index contributed by atoms with van der Waals surface area (Å²) in [6.45, 7) is 10.7. The predicted octanol–water partition coefficient (Wildman–Crippen LogP) is 3.62. The molecule has 150 valence electrons. The Labute approximate surface area is 173 Å². The molecule has 0 saturated carbocycles. The first-order chi connectivity index (χ1) is 13.8. The zero-order valence-electron chi connectivity index (χ0n) is 17.3. The summed E-state index contributed by atoms with van der Waals surface area (Å²) in [7, 11) is 0. The van der Waals surface area contributed by atoms with E-state index in [-0.39, 0.29) is 11.3 Å². The van der Waals surface area contributed by atoms with E-state index < -0.39 is 0 Å². The quantitative estimate of drug-likeness (QED) is 0.557. The number of pyridine rings is 1. The molecule has 0 aliphatic heterocycles. The van der Waals surface area contributed by atoms with Crippen molar-refractivity contribution in [2.45, 2.75) is 46.5 Å². The zero-order chi connectivity index (χ0) is 20.8. The topological polar surface area (TPSA) is 85.1 Å². The summed E-state index contributed by atoms with van der Waals surface area (Å²) in [6, 6.07) is 5.77. The molecule has 0 bridgehead atoms. The van der Waals surface area contributed by atoms with Crippen LogP contribution in [0, 0.1) is 13.8 Å². The molecular formula is C21H24N6OS. The average molecular weight is 409 g/mol. The Kier molecular flexibility index (Phi) is 4.82. The average Bonchev–Trinajstić information content (AvgIpc) is 3.22. The van der Waals surface area contributed by atoms with E-state index >= 15 is 0 Å². The normalized spacial score (nSPS) is 12.0. The van der Waals surface area contributed by atoms with Gasteiger partial charge in [0, 0.05) is 30.0 Å². The summed E-state index contributed by atoms with van der Waals surface area (Å²) in [5.74, 6) is 1.54. The number of aromatic nitrogens is 5. The van der Waals surface area contributed by atoms with Crippen LogP contribution in [0.5, 0.6) is 0 Å². The molecule has 8 heteroatoms. The third-order valence-corrected chi connectivity index (χ3v) is 6.05. The Hall–Kier alpha value is -2.87. The van der Waals surface area contributed by atoms with Gasteiger partial charge in [0.2, 0.25) is 0 Å². The summed E-state index contributed by atoms with van der Waals surface area (Å²) >= 11 is 1.43. The maximum atomic E-state index is 12.8. The first kappa shape index (κ1) is 19.4. The highest BCUT2D eigenvalue weighted by Crippen LogP contribution is 2.33. The number of amides is 1. The number of nitrogens with zero attached hydrogens (tertiary/aromatic N) is 5. The van der Waals surface area contributed by atoms with Crippen molar-refractivity contribution in [1.82, 2.24) is 29.9 Å². The minimum absolute atomic E-state index is 0.0870. The minimum atomic E-state index is -0.139. The Morgan fingerprint density at radius 1 is 1.17 bits per heavy atom. The van der Waals surface area contributed by atoms with Gasteiger partial charge in [-0.15, -0.1) is 21.5 Å². The second-order valence-corrected chi connectivity index (χ2v) is 9.17. The van der Waals surface area contributed by atoms with Crippen molar-refractivity contribution in [3.05, 3.63) is 52.2 Å². The summed E-state index contributed by atoms with van der Waals surface area (Å²) in [5, 5.41) is 12.3. The minimum Gasteiger partial charge on any atom is -0.351 e. The molecule has 4 rings (SSSR count). The first-order valence-corrected chi connectivity index (χ1v) is 10.4. The molecule has 1 N–H and O–H groups in total. The van der Waals surface area contributed by atoms with Crippen molar-refractivity contribution >= 4 is 33.1 Å². The van der Waals surface area contributed by atoms with Gasteiger partial charge >= 0.3 is 0 Å². The van der Waals surface area contributed by atoms with Gasteiger partial charge in [0.1, 0.15) is 16.5 Å². The molecule has 0 atom stereocenters. The summed E-state index contributed by atoms with van der Waals surface area (Å²) in [6.07, 6.45) is 2.53. The van der Waals surface area contributed by atoms with Crippen molar-refractivity contribution in [1.29, 1.82) is 0 Å². The van der Waals surface area contributed by atoms with Crippen LogP contribution in [0.3, 0.4) is 0 Å². The molecule has 0 unspecified atom stereocenters. The van der Waals surface area contributed by atoms with E-state index in [1.807, 2.05) is 42.6 Å². The summed E-state index contributed by atoms with van der Waals surface area (Å²) < 4.78 is 1.93. The monoisotopic (exact) mass is 408 g/mol. The van der Waals surface area contributed by atoms with E-state index in [2.05, 4.69) is 41.3 Å². The summed E-state index contributed by atoms with van der Waals surface area (Å²) in [5.41, 5.74) is 2.52. The van der Waals surface area contributed by atoms with Crippen LogP contribution in [0.1, 0.15) is 53.3 Å². The molecule has 0 aliphatic carbocycles. The lowest BCUT2D eigenvalue weighted by atomic mass is 9.95. The molecule has 29 heavy (non-hydrogen) atoms. The lowest BCUT2D eigenvalue weighted by molar-refractivity contribution is 0.0957.